The topological polar surface area (TPSA) is 21.3 Å². The average molecular weight is 432 g/mol. The van der Waals surface area contributed by atoms with E-state index in [-0.39, 0.29) is 0 Å². The van der Waals surface area contributed by atoms with Crippen molar-refractivity contribution in [2.24, 2.45) is 0 Å². The maximum Gasteiger partial charge on any atom is 0.141 e. The molecule has 2 aromatic rings. The van der Waals surface area contributed by atoms with Crippen LogP contribution in [0.3, 0.4) is 0 Å². The van der Waals surface area contributed by atoms with Gasteiger partial charge in [0.25, 0.3) is 0 Å². The lowest BCUT2D eigenvalue weighted by Gasteiger charge is -2.13. The Balaban J connectivity index is 1.83. The highest BCUT2D eigenvalue weighted by atomic mass is 79.9. The van der Waals surface area contributed by atoms with Gasteiger partial charge in [0.1, 0.15) is 11.5 Å². The third kappa shape index (κ3) is 4.22. The summed E-state index contributed by atoms with van der Waals surface area (Å²) in [5, 5.41) is 4.19. The Hall–Kier alpha value is -0.550. The summed E-state index contributed by atoms with van der Waals surface area (Å²) in [6, 6.07) is 12.3. The molecule has 1 fully saturated rings. The molecule has 2 nitrogen and oxygen atoms in total. The van der Waals surface area contributed by atoms with Crippen molar-refractivity contribution in [3.63, 3.8) is 0 Å². The van der Waals surface area contributed by atoms with Crippen molar-refractivity contribution in [1.29, 1.82) is 0 Å². The third-order valence-electron chi connectivity index (χ3n) is 3.30. The minimum absolute atomic E-state index is 0.670. The van der Waals surface area contributed by atoms with Gasteiger partial charge in [0.15, 0.2) is 0 Å². The van der Waals surface area contributed by atoms with Crippen LogP contribution in [0.2, 0.25) is 5.02 Å². The fourth-order valence-corrected chi connectivity index (χ4v) is 3.09. The average Bonchev–Trinajstić information content (AvgIpc) is 3.25. The second kappa shape index (κ2) is 6.69. The van der Waals surface area contributed by atoms with E-state index < -0.39 is 0 Å². The van der Waals surface area contributed by atoms with Crippen LogP contribution in [-0.2, 0) is 6.54 Å². The molecule has 21 heavy (non-hydrogen) atoms. The van der Waals surface area contributed by atoms with Crippen molar-refractivity contribution in [3.8, 4) is 11.5 Å². The van der Waals surface area contributed by atoms with Crippen LogP contribution < -0.4 is 10.1 Å². The highest BCUT2D eigenvalue weighted by molar-refractivity contribution is 9.10. The van der Waals surface area contributed by atoms with E-state index in [4.69, 9.17) is 16.3 Å². The van der Waals surface area contributed by atoms with Crippen LogP contribution >= 0.6 is 43.5 Å². The smallest absolute Gasteiger partial charge is 0.141 e. The Morgan fingerprint density at radius 2 is 1.90 bits per heavy atom. The van der Waals surface area contributed by atoms with E-state index in [1.54, 1.807) is 0 Å². The molecule has 0 radical (unpaired) electrons. The van der Waals surface area contributed by atoms with E-state index in [0.717, 1.165) is 32.6 Å². The zero-order valence-electron chi connectivity index (χ0n) is 11.2. The normalized spacial score (nSPS) is 14.2. The highest BCUT2D eigenvalue weighted by Crippen LogP contribution is 2.35. The van der Waals surface area contributed by atoms with E-state index in [9.17, 15) is 0 Å². The minimum Gasteiger partial charge on any atom is -0.456 e. The maximum atomic E-state index is 6.05. The lowest BCUT2D eigenvalue weighted by Crippen LogP contribution is -2.15. The van der Waals surface area contributed by atoms with Crippen LogP contribution in [-0.4, -0.2) is 6.04 Å². The first-order valence-corrected chi connectivity index (χ1v) is 8.73. The minimum atomic E-state index is 0.670. The number of halogens is 3. The molecule has 1 N–H and O–H groups in total. The molecule has 2 aromatic carbocycles. The summed E-state index contributed by atoms with van der Waals surface area (Å²) in [4.78, 5) is 0. The van der Waals surface area contributed by atoms with Gasteiger partial charge in [-0.25, -0.2) is 0 Å². The summed E-state index contributed by atoms with van der Waals surface area (Å²) in [5.41, 5.74) is 1.15. The molecule has 0 atom stereocenters. The largest absolute Gasteiger partial charge is 0.456 e. The lowest BCUT2D eigenvalue weighted by molar-refractivity contribution is 0.469. The SMILES string of the molecule is Clc1ccc(Oc2cc(Br)ccc2CNC2CC2)c(Br)c1. The summed E-state index contributed by atoms with van der Waals surface area (Å²) in [5.74, 6) is 1.60. The zero-order valence-corrected chi connectivity index (χ0v) is 15.1. The first-order valence-electron chi connectivity index (χ1n) is 6.76. The third-order valence-corrected chi connectivity index (χ3v) is 4.65. The van der Waals surface area contributed by atoms with Crippen molar-refractivity contribution >= 4 is 43.5 Å². The molecule has 0 amide bonds. The molecule has 0 spiro atoms. The molecule has 0 unspecified atom stereocenters. The molecular formula is C16H14Br2ClNO. The van der Waals surface area contributed by atoms with Crippen molar-refractivity contribution < 1.29 is 4.74 Å². The van der Waals surface area contributed by atoms with Crippen molar-refractivity contribution in [1.82, 2.24) is 5.32 Å². The molecule has 1 aliphatic rings. The van der Waals surface area contributed by atoms with Gasteiger partial charge in [-0.2, -0.15) is 0 Å². The summed E-state index contributed by atoms with van der Waals surface area (Å²) in [7, 11) is 0. The summed E-state index contributed by atoms with van der Waals surface area (Å²) in [6.07, 6.45) is 2.55. The van der Waals surface area contributed by atoms with Gasteiger partial charge in [0, 0.05) is 27.6 Å². The number of hydrogen-bond donors (Lipinski definition) is 1. The van der Waals surface area contributed by atoms with Gasteiger partial charge < -0.3 is 10.1 Å². The second-order valence-electron chi connectivity index (χ2n) is 5.08. The Kier molecular flexibility index (Phi) is 4.89. The number of ether oxygens (including phenoxy) is 1. The van der Waals surface area contributed by atoms with E-state index >= 15 is 0 Å². The van der Waals surface area contributed by atoms with Crippen LogP contribution in [0.25, 0.3) is 0 Å². The van der Waals surface area contributed by atoms with Gasteiger partial charge in [-0.1, -0.05) is 33.6 Å². The zero-order chi connectivity index (χ0) is 14.8. The molecule has 1 aliphatic carbocycles. The first kappa shape index (κ1) is 15.3. The van der Waals surface area contributed by atoms with Gasteiger partial charge in [0.2, 0.25) is 0 Å². The number of rotatable bonds is 5. The number of benzene rings is 2. The van der Waals surface area contributed by atoms with Crippen LogP contribution in [0.1, 0.15) is 18.4 Å². The Morgan fingerprint density at radius 3 is 2.62 bits per heavy atom. The molecular weight excluding hydrogens is 417 g/mol. The van der Waals surface area contributed by atoms with Gasteiger partial charge in [0.05, 0.1) is 4.47 Å². The molecule has 5 heteroatoms. The van der Waals surface area contributed by atoms with Gasteiger partial charge in [-0.3, -0.25) is 0 Å². The summed E-state index contributed by atoms with van der Waals surface area (Å²) < 4.78 is 7.89. The predicted molar refractivity (Wildman–Crippen MR) is 93.2 cm³/mol. The Morgan fingerprint density at radius 1 is 1.10 bits per heavy atom. The standard InChI is InChI=1S/C16H14Br2ClNO/c17-11-2-1-10(9-20-13-4-5-13)16(7-11)21-15-6-3-12(19)8-14(15)18/h1-3,6-8,13,20H,4-5,9H2. The molecule has 110 valence electrons. The van der Waals surface area contributed by atoms with Crippen molar-refractivity contribution in [3.05, 3.63) is 55.9 Å². The van der Waals surface area contributed by atoms with Gasteiger partial charge in [-0.15, -0.1) is 0 Å². The molecule has 1 saturated carbocycles. The van der Waals surface area contributed by atoms with E-state index in [0.29, 0.717) is 11.1 Å². The molecule has 0 heterocycles. The van der Waals surface area contributed by atoms with Crippen molar-refractivity contribution in [2.45, 2.75) is 25.4 Å². The van der Waals surface area contributed by atoms with E-state index in [1.807, 2.05) is 30.3 Å². The predicted octanol–water partition coefficient (Wildman–Crippen LogP) is 5.91. The lowest BCUT2D eigenvalue weighted by atomic mass is 10.2. The second-order valence-corrected chi connectivity index (χ2v) is 7.29. The van der Waals surface area contributed by atoms with Gasteiger partial charge >= 0.3 is 0 Å². The van der Waals surface area contributed by atoms with Crippen molar-refractivity contribution in [2.75, 3.05) is 0 Å². The van der Waals surface area contributed by atoms with Crippen LogP contribution in [0.4, 0.5) is 0 Å². The molecule has 0 saturated heterocycles. The molecule has 0 aliphatic heterocycles. The van der Waals surface area contributed by atoms with E-state index in [1.165, 1.54) is 12.8 Å². The fraction of sp³-hybridized carbons (Fsp3) is 0.250. The van der Waals surface area contributed by atoms with Gasteiger partial charge in [-0.05, 0) is 59.1 Å². The monoisotopic (exact) mass is 429 g/mol. The fourth-order valence-electron chi connectivity index (χ4n) is 1.99. The number of hydrogen-bond acceptors (Lipinski definition) is 2. The first-order chi connectivity index (χ1) is 10.1. The quantitative estimate of drug-likeness (QED) is 0.636. The van der Waals surface area contributed by atoms with Crippen LogP contribution in [0.15, 0.2) is 45.3 Å². The molecule has 3 rings (SSSR count). The highest BCUT2D eigenvalue weighted by Gasteiger charge is 2.20. The molecule has 0 aromatic heterocycles. The maximum absolute atomic E-state index is 6.05. The van der Waals surface area contributed by atoms with E-state index in [2.05, 4.69) is 43.2 Å². The summed E-state index contributed by atoms with van der Waals surface area (Å²) in [6.45, 7) is 0.818. The number of nitrogens with one attached hydrogen (secondary N) is 1. The summed E-state index contributed by atoms with van der Waals surface area (Å²) >= 11 is 12.9. The van der Waals surface area contributed by atoms with Crippen LogP contribution in [0.5, 0.6) is 11.5 Å². The van der Waals surface area contributed by atoms with Crippen LogP contribution in [0, 0.1) is 0 Å². The Bertz CT molecular complexity index is 659. The molecule has 0 bridgehead atoms. The Labute approximate surface area is 146 Å².